The van der Waals surface area contributed by atoms with Gasteiger partial charge >= 0.3 is 0 Å². The van der Waals surface area contributed by atoms with Crippen molar-refractivity contribution in [1.29, 1.82) is 0 Å². The van der Waals surface area contributed by atoms with Crippen molar-refractivity contribution in [3.63, 3.8) is 0 Å². The highest BCUT2D eigenvalue weighted by molar-refractivity contribution is 7.12. The summed E-state index contributed by atoms with van der Waals surface area (Å²) in [6.45, 7) is 0.236. The summed E-state index contributed by atoms with van der Waals surface area (Å²) >= 11 is 1.25. The molecule has 1 aliphatic heterocycles. The number of carbonyl (C=O) groups is 2. The van der Waals surface area contributed by atoms with E-state index in [1.54, 1.807) is 63.1 Å². The molecule has 0 unspecified atom stereocenters. The molecule has 1 amide bonds. The molecule has 0 spiro atoms. The fraction of sp³-hybridized carbons (Fsp3) is 0.259. The lowest BCUT2D eigenvalue weighted by atomic mass is 9.94. The molecule has 1 N–H and O–H groups in total. The molecule has 1 aromatic heterocycles. The van der Waals surface area contributed by atoms with Gasteiger partial charge in [0.1, 0.15) is 11.5 Å². The van der Waals surface area contributed by atoms with E-state index >= 15 is 0 Å². The largest absolute Gasteiger partial charge is 0.503 e. The van der Waals surface area contributed by atoms with E-state index in [1.807, 2.05) is 12.1 Å². The summed E-state index contributed by atoms with van der Waals surface area (Å²) in [4.78, 5) is 28.7. The topological polar surface area (TPSA) is 94.5 Å². The molecule has 0 fully saturated rings. The van der Waals surface area contributed by atoms with Crippen molar-refractivity contribution in [3.05, 3.63) is 81.2 Å². The maximum Gasteiger partial charge on any atom is 0.290 e. The lowest BCUT2D eigenvalue weighted by molar-refractivity contribution is -0.129. The molecule has 36 heavy (non-hydrogen) atoms. The minimum absolute atomic E-state index is 0.0261. The molecule has 0 bridgehead atoms. The van der Waals surface area contributed by atoms with E-state index in [9.17, 15) is 14.7 Å². The number of carbonyl (C=O) groups excluding carboxylic acids is 2. The standard InChI is InChI=1S/C27H27NO7S/c1-32-17-8-9-18(20(15-17)34-3)24-23(25(29)22-6-5-13-36-22)26(30)27(31)28(24)12-11-16-7-10-19(33-2)21(14-16)35-4/h5-10,13-15,24,30H,11-12H2,1-4H3/t24-/m0/s1. The first-order valence-electron chi connectivity index (χ1n) is 11.2. The van der Waals surface area contributed by atoms with Crippen LogP contribution in [0.4, 0.5) is 0 Å². The summed E-state index contributed by atoms with van der Waals surface area (Å²) in [7, 11) is 6.17. The fourth-order valence-corrected chi connectivity index (χ4v) is 4.99. The quantitative estimate of drug-likeness (QED) is 0.399. The Morgan fingerprint density at radius 2 is 1.69 bits per heavy atom. The molecule has 0 saturated heterocycles. The van der Waals surface area contributed by atoms with Crippen LogP contribution < -0.4 is 18.9 Å². The van der Waals surface area contributed by atoms with Crippen LogP contribution in [0, 0.1) is 0 Å². The average Bonchev–Trinajstić information content (AvgIpc) is 3.54. The van der Waals surface area contributed by atoms with Gasteiger partial charge in [-0.15, -0.1) is 11.3 Å². The zero-order valence-electron chi connectivity index (χ0n) is 20.4. The van der Waals surface area contributed by atoms with Crippen LogP contribution in [0.1, 0.15) is 26.8 Å². The molecular weight excluding hydrogens is 482 g/mol. The number of aliphatic hydroxyl groups excluding tert-OH is 1. The van der Waals surface area contributed by atoms with Crippen molar-refractivity contribution in [1.82, 2.24) is 4.90 Å². The molecule has 188 valence electrons. The van der Waals surface area contributed by atoms with Crippen LogP contribution in [0.2, 0.25) is 0 Å². The van der Waals surface area contributed by atoms with Crippen LogP contribution in [0.15, 0.2) is 65.2 Å². The van der Waals surface area contributed by atoms with Crippen LogP contribution in [0.5, 0.6) is 23.0 Å². The Kier molecular flexibility index (Phi) is 7.49. The molecule has 0 radical (unpaired) electrons. The van der Waals surface area contributed by atoms with E-state index in [-0.39, 0.29) is 12.1 Å². The third kappa shape index (κ3) is 4.61. The first-order chi connectivity index (χ1) is 17.4. The minimum Gasteiger partial charge on any atom is -0.503 e. The number of ether oxygens (including phenoxy) is 4. The summed E-state index contributed by atoms with van der Waals surface area (Å²) in [6, 6.07) is 13.3. The van der Waals surface area contributed by atoms with Crippen LogP contribution in [-0.2, 0) is 11.2 Å². The highest BCUT2D eigenvalue weighted by Gasteiger charge is 2.45. The molecule has 0 saturated carbocycles. The number of benzene rings is 2. The fourth-order valence-electron chi connectivity index (χ4n) is 4.31. The number of thiophene rings is 1. The van der Waals surface area contributed by atoms with Gasteiger partial charge in [-0.05, 0) is 47.7 Å². The third-order valence-electron chi connectivity index (χ3n) is 6.12. The third-order valence-corrected chi connectivity index (χ3v) is 6.99. The number of hydrogen-bond donors (Lipinski definition) is 1. The first kappa shape index (κ1) is 25.1. The zero-order valence-corrected chi connectivity index (χ0v) is 21.3. The summed E-state index contributed by atoms with van der Waals surface area (Å²) in [5.74, 6) is 0.618. The van der Waals surface area contributed by atoms with Crippen molar-refractivity contribution in [3.8, 4) is 23.0 Å². The number of hydrogen-bond acceptors (Lipinski definition) is 8. The lowest BCUT2D eigenvalue weighted by Crippen LogP contribution is -2.33. The van der Waals surface area contributed by atoms with Crippen molar-refractivity contribution in [2.75, 3.05) is 35.0 Å². The Hall–Kier alpha value is -3.98. The van der Waals surface area contributed by atoms with Gasteiger partial charge in [0.25, 0.3) is 5.91 Å². The van der Waals surface area contributed by atoms with E-state index in [2.05, 4.69) is 0 Å². The van der Waals surface area contributed by atoms with Gasteiger partial charge in [-0.3, -0.25) is 9.59 Å². The van der Waals surface area contributed by atoms with Crippen molar-refractivity contribution in [2.24, 2.45) is 0 Å². The van der Waals surface area contributed by atoms with Crippen LogP contribution in [-0.4, -0.2) is 56.7 Å². The number of methoxy groups -OCH3 is 4. The van der Waals surface area contributed by atoms with Gasteiger partial charge in [-0.1, -0.05) is 12.1 Å². The predicted molar refractivity (Wildman–Crippen MR) is 136 cm³/mol. The van der Waals surface area contributed by atoms with Crippen molar-refractivity contribution in [2.45, 2.75) is 12.5 Å². The Labute approximate surface area is 213 Å². The highest BCUT2D eigenvalue weighted by Crippen LogP contribution is 2.44. The Morgan fingerprint density at radius 1 is 0.944 bits per heavy atom. The second-order valence-electron chi connectivity index (χ2n) is 8.02. The molecule has 3 aromatic rings. The number of nitrogens with zero attached hydrogens (tertiary/aromatic N) is 1. The zero-order chi connectivity index (χ0) is 25.8. The van der Waals surface area contributed by atoms with Gasteiger partial charge in [-0.2, -0.15) is 0 Å². The Balaban J connectivity index is 1.74. The van der Waals surface area contributed by atoms with Gasteiger partial charge in [0, 0.05) is 18.2 Å². The van der Waals surface area contributed by atoms with Crippen molar-refractivity contribution >= 4 is 23.0 Å². The van der Waals surface area contributed by atoms with Gasteiger partial charge in [-0.25, -0.2) is 0 Å². The van der Waals surface area contributed by atoms with Crippen LogP contribution in [0.3, 0.4) is 0 Å². The normalized spacial score (nSPS) is 15.3. The van der Waals surface area contributed by atoms with Crippen molar-refractivity contribution < 1.29 is 33.6 Å². The Bertz CT molecular complexity index is 1300. The summed E-state index contributed by atoms with van der Waals surface area (Å²) in [5.41, 5.74) is 1.50. The van der Waals surface area contributed by atoms with Gasteiger partial charge < -0.3 is 29.0 Å². The average molecular weight is 510 g/mol. The van der Waals surface area contributed by atoms with E-state index in [0.717, 1.165) is 5.56 Å². The van der Waals surface area contributed by atoms with Crippen LogP contribution >= 0.6 is 11.3 Å². The van der Waals surface area contributed by atoms with Crippen LogP contribution in [0.25, 0.3) is 0 Å². The second-order valence-corrected chi connectivity index (χ2v) is 8.96. The highest BCUT2D eigenvalue weighted by atomic mass is 32.1. The molecule has 2 aromatic carbocycles. The monoisotopic (exact) mass is 509 g/mol. The number of aliphatic hydroxyl groups is 1. The number of ketones is 1. The van der Waals surface area contributed by atoms with E-state index < -0.39 is 23.5 Å². The summed E-state index contributed by atoms with van der Waals surface area (Å²) in [5, 5.41) is 12.7. The first-order valence-corrected chi connectivity index (χ1v) is 12.1. The lowest BCUT2D eigenvalue weighted by Gasteiger charge is -2.28. The summed E-state index contributed by atoms with van der Waals surface area (Å²) in [6.07, 6.45) is 0.453. The second kappa shape index (κ2) is 10.7. The smallest absolute Gasteiger partial charge is 0.290 e. The molecule has 9 heteroatoms. The Morgan fingerprint density at radius 3 is 2.33 bits per heavy atom. The minimum atomic E-state index is -0.840. The molecule has 1 aliphatic rings. The summed E-state index contributed by atoms with van der Waals surface area (Å²) < 4.78 is 21.6. The molecule has 0 aliphatic carbocycles. The van der Waals surface area contributed by atoms with E-state index in [1.165, 1.54) is 23.3 Å². The number of Topliss-reactive ketones (excluding diaryl/α,β-unsaturated/α-hetero) is 1. The number of rotatable bonds is 10. The maximum absolute atomic E-state index is 13.5. The molecule has 4 rings (SSSR count). The number of amides is 1. The van der Waals surface area contributed by atoms with Gasteiger partial charge in [0.15, 0.2) is 17.3 Å². The van der Waals surface area contributed by atoms with Gasteiger partial charge in [0.2, 0.25) is 5.78 Å². The molecule has 8 nitrogen and oxygen atoms in total. The molecular formula is C27H27NO7S. The molecule has 1 atom stereocenters. The maximum atomic E-state index is 13.5. The van der Waals surface area contributed by atoms with E-state index in [4.69, 9.17) is 18.9 Å². The van der Waals surface area contributed by atoms with Gasteiger partial charge in [0.05, 0.1) is 44.9 Å². The predicted octanol–water partition coefficient (Wildman–Crippen LogP) is 4.60. The molecule has 2 heterocycles. The SMILES string of the molecule is COc1ccc([C@H]2C(C(=O)c3cccs3)=C(O)C(=O)N2CCc2ccc(OC)c(OC)c2)c(OC)c1. The van der Waals surface area contributed by atoms with E-state index in [0.29, 0.717) is 39.9 Å².